The van der Waals surface area contributed by atoms with Gasteiger partial charge in [0.15, 0.2) is 0 Å². The zero-order chi connectivity index (χ0) is 14.4. The van der Waals surface area contributed by atoms with Crippen molar-refractivity contribution in [1.82, 2.24) is 0 Å². The van der Waals surface area contributed by atoms with Gasteiger partial charge in [-0.2, -0.15) is 0 Å². The van der Waals surface area contributed by atoms with E-state index in [1.807, 2.05) is 18.2 Å². The van der Waals surface area contributed by atoms with E-state index in [-0.39, 0.29) is 0 Å². The fourth-order valence-electron chi connectivity index (χ4n) is 2.17. The van der Waals surface area contributed by atoms with E-state index >= 15 is 0 Å². The molecule has 0 spiro atoms. The van der Waals surface area contributed by atoms with E-state index in [4.69, 9.17) is 9.47 Å². The van der Waals surface area contributed by atoms with Crippen LogP contribution in [-0.4, -0.2) is 14.2 Å². The number of aryl methyl sites for hydroxylation is 1. The van der Waals surface area contributed by atoms with Crippen LogP contribution in [0.3, 0.4) is 0 Å². The van der Waals surface area contributed by atoms with Crippen molar-refractivity contribution >= 4 is 15.9 Å². The summed E-state index contributed by atoms with van der Waals surface area (Å²) in [5.41, 5.74) is 2.51. The van der Waals surface area contributed by atoms with Gasteiger partial charge in [0.25, 0.3) is 0 Å². The molecule has 0 saturated heterocycles. The van der Waals surface area contributed by atoms with Crippen LogP contribution in [0.4, 0.5) is 0 Å². The molecule has 0 N–H and O–H groups in total. The molecule has 2 nitrogen and oxygen atoms in total. The molecule has 0 bridgehead atoms. The highest BCUT2D eigenvalue weighted by atomic mass is 79.9. The molecule has 106 valence electrons. The van der Waals surface area contributed by atoms with Crippen LogP contribution in [0, 0.1) is 0 Å². The molecule has 0 aliphatic carbocycles. The summed E-state index contributed by atoms with van der Waals surface area (Å²) >= 11 is 3.75. The van der Waals surface area contributed by atoms with E-state index in [0.29, 0.717) is 4.83 Å². The average molecular weight is 335 g/mol. The number of benzene rings is 2. The van der Waals surface area contributed by atoms with Crippen LogP contribution in [0.5, 0.6) is 11.5 Å². The van der Waals surface area contributed by atoms with Crippen molar-refractivity contribution in [1.29, 1.82) is 0 Å². The molecule has 1 unspecified atom stereocenters. The molecule has 0 heterocycles. The Bertz CT molecular complexity index is 540. The third kappa shape index (κ3) is 3.76. The number of rotatable bonds is 6. The summed E-state index contributed by atoms with van der Waals surface area (Å²) in [5.74, 6) is 1.71. The van der Waals surface area contributed by atoms with E-state index < -0.39 is 0 Å². The summed E-state index contributed by atoms with van der Waals surface area (Å²) in [5, 5.41) is 0. The van der Waals surface area contributed by atoms with Crippen molar-refractivity contribution in [2.45, 2.75) is 17.7 Å². The highest BCUT2D eigenvalue weighted by Crippen LogP contribution is 2.31. The molecule has 0 aliphatic rings. The zero-order valence-electron chi connectivity index (χ0n) is 11.8. The minimum atomic E-state index is 0.357. The first-order chi connectivity index (χ1) is 9.74. The zero-order valence-corrected chi connectivity index (χ0v) is 13.4. The predicted octanol–water partition coefficient (Wildman–Crippen LogP) is 4.77. The third-order valence-corrected chi connectivity index (χ3v) is 4.31. The van der Waals surface area contributed by atoms with Crippen LogP contribution in [-0.2, 0) is 6.42 Å². The summed E-state index contributed by atoms with van der Waals surface area (Å²) in [4.78, 5) is 0.357. The summed E-state index contributed by atoms with van der Waals surface area (Å²) in [6, 6.07) is 16.4. The van der Waals surface area contributed by atoms with Crippen LogP contribution in [0.2, 0.25) is 0 Å². The number of ether oxygens (including phenoxy) is 2. The molecule has 2 aromatic carbocycles. The Morgan fingerprint density at radius 1 is 1.00 bits per heavy atom. The lowest BCUT2D eigenvalue weighted by Crippen LogP contribution is -1.97. The molecule has 0 aromatic heterocycles. The van der Waals surface area contributed by atoms with Crippen molar-refractivity contribution < 1.29 is 9.47 Å². The van der Waals surface area contributed by atoms with Gasteiger partial charge in [-0.1, -0.05) is 52.3 Å². The monoisotopic (exact) mass is 334 g/mol. The average Bonchev–Trinajstić information content (AvgIpc) is 2.53. The Hall–Kier alpha value is -1.48. The molecule has 1 atom stereocenters. The van der Waals surface area contributed by atoms with Crippen molar-refractivity contribution in [2.24, 2.45) is 0 Å². The summed E-state index contributed by atoms with van der Waals surface area (Å²) in [6.45, 7) is 0. The number of hydrogen-bond donors (Lipinski definition) is 0. The summed E-state index contributed by atoms with van der Waals surface area (Å²) in [7, 11) is 3.36. The topological polar surface area (TPSA) is 18.5 Å². The molecular weight excluding hydrogens is 316 g/mol. The van der Waals surface area contributed by atoms with Crippen LogP contribution >= 0.6 is 15.9 Å². The number of hydrogen-bond acceptors (Lipinski definition) is 2. The fraction of sp³-hybridized carbons (Fsp3) is 0.294. The van der Waals surface area contributed by atoms with Gasteiger partial charge in [-0.3, -0.25) is 0 Å². The van der Waals surface area contributed by atoms with Crippen LogP contribution in [0.25, 0.3) is 0 Å². The molecular formula is C17H19BrO2. The molecule has 0 radical (unpaired) electrons. The molecule has 20 heavy (non-hydrogen) atoms. The molecule has 2 rings (SSSR count). The van der Waals surface area contributed by atoms with Gasteiger partial charge in [-0.25, -0.2) is 0 Å². The van der Waals surface area contributed by atoms with Gasteiger partial charge in [0.05, 0.1) is 14.2 Å². The maximum absolute atomic E-state index is 5.43. The number of alkyl halides is 1. The van der Waals surface area contributed by atoms with Crippen molar-refractivity contribution in [3.8, 4) is 11.5 Å². The molecule has 2 aromatic rings. The number of halogens is 1. The van der Waals surface area contributed by atoms with Crippen LogP contribution in [0.15, 0.2) is 48.5 Å². The van der Waals surface area contributed by atoms with Gasteiger partial charge in [0.1, 0.15) is 11.5 Å². The Morgan fingerprint density at radius 3 is 2.40 bits per heavy atom. The van der Waals surface area contributed by atoms with E-state index in [0.717, 1.165) is 24.3 Å². The second kappa shape index (κ2) is 7.34. The highest BCUT2D eigenvalue weighted by molar-refractivity contribution is 9.09. The first-order valence-electron chi connectivity index (χ1n) is 6.64. The Morgan fingerprint density at radius 2 is 1.75 bits per heavy atom. The first kappa shape index (κ1) is 14.9. The SMILES string of the molecule is COc1ccc(CCC(Br)c2ccccc2)c(OC)c1. The van der Waals surface area contributed by atoms with Crippen LogP contribution in [0.1, 0.15) is 22.4 Å². The second-order valence-electron chi connectivity index (χ2n) is 4.59. The Kier molecular flexibility index (Phi) is 5.48. The quantitative estimate of drug-likeness (QED) is 0.708. The maximum atomic E-state index is 5.43. The van der Waals surface area contributed by atoms with Crippen molar-refractivity contribution in [2.75, 3.05) is 14.2 Å². The smallest absolute Gasteiger partial charge is 0.125 e. The summed E-state index contributed by atoms with van der Waals surface area (Å²) in [6.07, 6.45) is 1.98. The standard InChI is InChI=1S/C17H19BrO2/c1-19-15-10-8-14(17(12-15)20-2)9-11-16(18)13-6-4-3-5-7-13/h3-8,10,12,16H,9,11H2,1-2H3. The largest absolute Gasteiger partial charge is 0.497 e. The molecule has 0 saturated carbocycles. The van der Waals surface area contributed by atoms with Crippen molar-refractivity contribution in [3.05, 3.63) is 59.7 Å². The van der Waals surface area contributed by atoms with Gasteiger partial charge in [-0.05, 0) is 30.0 Å². The maximum Gasteiger partial charge on any atom is 0.125 e. The lowest BCUT2D eigenvalue weighted by Gasteiger charge is -2.13. The van der Waals surface area contributed by atoms with E-state index in [2.05, 4.69) is 46.3 Å². The molecule has 0 fully saturated rings. The van der Waals surface area contributed by atoms with E-state index in [1.54, 1.807) is 14.2 Å². The van der Waals surface area contributed by atoms with Gasteiger partial charge >= 0.3 is 0 Å². The fourth-order valence-corrected chi connectivity index (χ4v) is 2.70. The second-order valence-corrected chi connectivity index (χ2v) is 5.70. The molecule has 0 aliphatic heterocycles. The Balaban J connectivity index is 2.03. The Labute approximate surface area is 128 Å². The third-order valence-electron chi connectivity index (χ3n) is 3.32. The number of methoxy groups -OCH3 is 2. The predicted molar refractivity (Wildman–Crippen MR) is 86.0 cm³/mol. The van der Waals surface area contributed by atoms with E-state index in [1.165, 1.54) is 11.1 Å². The lowest BCUT2D eigenvalue weighted by molar-refractivity contribution is 0.390. The minimum absolute atomic E-state index is 0.357. The molecule has 3 heteroatoms. The van der Waals surface area contributed by atoms with Gasteiger partial charge in [0, 0.05) is 10.9 Å². The van der Waals surface area contributed by atoms with E-state index in [9.17, 15) is 0 Å². The van der Waals surface area contributed by atoms with Gasteiger partial charge < -0.3 is 9.47 Å². The minimum Gasteiger partial charge on any atom is -0.497 e. The first-order valence-corrected chi connectivity index (χ1v) is 7.56. The van der Waals surface area contributed by atoms with Gasteiger partial charge in [-0.15, -0.1) is 0 Å². The summed E-state index contributed by atoms with van der Waals surface area (Å²) < 4.78 is 10.6. The van der Waals surface area contributed by atoms with Gasteiger partial charge in [0.2, 0.25) is 0 Å². The van der Waals surface area contributed by atoms with Crippen LogP contribution < -0.4 is 9.47 Å². The van der Waals surface area contributed by atoms with Crippen molar-refractivity contribution in [3.63, 3.8) is 0 Å². The highest BCUT2D eigenvalue weighted by Gasteiger charge is 2.10. The molecule has 0 amide bonds. The normalized spacial score (nSPS) is 11.9. The lowest BCUT2D eigenvalue weighted by atomic mass is 10.0.